The van der Waals surface area contributed by atoms with E-state index in [9.17, 15) is 0 Å². The van der Waals surface area contributed by atoms with Gasteiger partial charge in [0.1, 0.15) is 0 Å². The molecule has 0 aliphatic heterocycles. The number of benzene rings is 10. The van der Waals surface area contributed by atoms with Gasteiger partial charge in [-0.2, -0.15) is 0 Å². The number of aromatic nitrogens is 8. The first-order valence-electron chi connectivity index (χ1n) is 26.4. The standard InChI is InChI=1S/C35H22N4S.C21H14BrN3.C14H9NS/c1-3-9-23(10-4-1)33-36-34(24-11-5-2-6-12-24)38-35(37-33)25-15-17-26(18-16-25)39-22-21-29-30(39)20-19-28-27-13-7-8-14-31(27)40-32(28)29;22-18-13-11-17(12-14-18)21-24-19(15-7-3-1-4-8-15)23-20(25-21)16-9-5-2-6-10-16;1-2-4-13-9(3-1)10-5-6-12-11(7-8-15-12)14(10)16-13/h1-22H;1-14H;1-8,15H. The van der Waals surface area contributed by atoms with Crippen LogP contribution in [0.25, 0.3) is 136 Å². The lowest BCUT2D eigenvalue weighted by Gasteiger charge is -2.10. The highest BCUT2D eigenvalue weighted by Crippen LogP contribution is 2.40. The van der Waals surface area contributed by atoms with Gasteiger partial charge in [-0.3, -0.25) is 0 Å². The van der Waals surface area contributed by atoms with Crippen LogP contribution in [0.5, 0.6) is 0 Å². The van der Waals surface area contributed by atoms with Gasteiger partial charge in [0.2, 0.25) is 0 Å². The number of thiophene rings is 2. The summed E-state index contributed by atoms with van der Waals surface area (Å²) in [5.74, 6) is 4.00. The van der Waals surface area contributed by atoms with Crippen molar-refractivity contribution in [3.63, 3.8) is 0 Å². The smallest absolute Gasteiger partial charge is 0.164 e. The predicted octanol–water partition coefficient (Wildman–Crippen LogP) is 19.4. The molecule has 8 nitrogen and oxygen atoms in total. The van der Waals surface area contributed by atoms with E-state index in [0.29, 0.717) is 34.9 Å². The molecule has 16 rings (SSSR count). The molecule has 0 radical (unpaired) electrons. The maximum Gasteiger partial charge on any atom is 0.164 e. The number of hydrogen-bond acceptors (Lipinski definition) is 8. The molecule has 0 amide bonds. The van der Waals surface area contributed by atoms with Crippen molar-refractivity contribution >= 4 is 101 Å². The number of halogens is 1. The summed E-state index contributed by atoms with van der Waals surface area (Å²) in [7, 11) is 0. The molecule has 81 heavy (non-hydrogen) atoms. The third kappa shape index (κ3) is 9.95. The lowest BCUT2D eigenvalue weighted by Crippen LogP contribution is -2.00. The van der Waals surface area contributed by atoms with E-state index in [1.165, 1.54) is 62.2 Å². The molecule has 6 heterocycles. The van der Waals surface area contributed by atoms with Gasteiger partial charge in [0.25, 0.3) is 0 Å². The van der Waals surface area contributed by atoms with Crippen LogP contribution in [-0.4, -0.2) is 39.5 Å². The highest BCUT2D eigenvalue weighted by molar-refractivity contribution is 9.10. The van der Waals surface area contributed by atoms with Crippen LogP contribution in [0.15, 0.2) is 272 Å². The van der Waals surface area contributed by atoms with Crippen LogP contribution in [0, 0.1) is 0 Å². The quantitative estimate of drug-likeness (QED) is 0.171. The summed E-state index contributed by atoms with van der Waals surface area (Å²) in [6.45, 7) is 0. The Kier molecular flexibility index (Phi) is 13.3. The van der Waals surface area contributed by atoms with Crippen LogP contribution in [-0.2, 0) is 0 Å². The predicted molar refractivity (Wildman–Crippen MR) is 341 cm³/mol. The third-order valence-electron chi connectivity index (χ3n) is 14.2. The molecule has 0 saturated heterocycles. The van der Waals surface area contributed by atoms with Crippen molar-refractivity contribution in [1.29, 1.82) is 0 Å². The zero-order chi connectivity index (χ0) is 54.1. The molecule has 384 valence electrons. The van der Waals surface area contributed by atoms with Gasteiger partial charge in [-0.15, -0.1) is 22.7 Å². The zero-order valence-electron chi connectivity index (χ0n) is 43.2. The third-order valence-corrected chi connectivity index (χ3v) is 17.2. The second-order valence-electron chi connectivity index (χ2n) is 19.3. The summed E-state index contributed by atoms with van der Waals surface area (Å²) in [5, 5.41) is 7.99. The molecule has 0 unspecified atom stereocenters. The Hall–Kier alpha value is -9.78. The number of rotatable bonds is 7. The van der Waals surface area contributed by atoms with Gasteiger partial charge in [-0.05, 0) is 72.8 Å². The van der Waals surface area contributed by atoms with Gasteiger partial charge in [-0.25, -0.2) is 29.9 Å². The fourth-order valence-corrected chi connectivity index (χ4v) is 12.9. The maximum atomic E-state index is 4.87. The Balaban J connectivity index is 0.000000121. The maximum absolute atomic E-state index is 4.87. The molecule has 0 saturated carbocycles. The van der Waals surface area contributed by atoms with Crippen molar-refractivity contribution in [2.75, 3.05) is 0 Å². The van der Waals surface area contributed by atoms with Crippen LogP contribution in [0.2, 0.25) is 0 Å². The number of nitrogens with one attached hydrogen (secondary N) is 1. The molecule has 1 N–H and O–H groups in total. The Bertz CT molecular complexity index is 4750. The highest BCUT2D eigenvalue weighted by atomic mass is 79.9. The molecular weight excluding hydrogens is 1100 g/mol. The van der Waals surface area contributed by atoms with Crippen molar-refractivity contribution in [2.45, 2.75) is 0 Å². The zero-order valence-corrected chi connectivity index (χ0v) is 46.4. The topological polar surface area (TPSA) is 98.1 Å². The Morgan fingerprint density at radius 2 is 0.691 bits per heavy atom. The minimum Gasteiger partial charge on any atom is -0.361 e. The molecule has 10 aromatic carbocycles. The van der Waals surface area contributed by atoms with E-state index in [0.717, 1.165) is 43.5 Å². The SMILES string of the molecule is Brc1ccc(-c2nc(-c3ccccc3)nc(-c3ccccc3)n2)cc1.c1ccc(-c2nc(-c3ccccc3)nc(-c3ccc(-n4ccc5c6sc7ccccc7c6ccc54)cc3)n2)cc1.c1ccc2c(c1)sc1c3cc[nH]c3ccc21. The van der Waals surface area contributed by atoms with E-state index in [1.807, 2.05) is 174 Å². The Labute approximate surface area is 482 Å². The van der Waals surface area contributed by atoms with Gasteiger partial charge >= 0.3 is 0 Å². The molecule has 16 aromatic rings. The van der Waals surface area contributed by atoms with Crippen LogP contribution in [0.1, 0.15) is 0 Å². The summed E-state index contributed by atoms with van der Waals surface area (Å²) in [6, 6.07) is 87.0. The molecular formula is C70H45BrN8S2. The monoisotopic (exact) mass is 1140 g/mol. The van der Waals surface area contributed by atoms with Crippen LogP contribution < -0.4 is 0 Å². The molecule has 0 bridgehead atoms. The first kappa shape index (κ1) is 49.5. The second-order valence-corrected chi connectivity index (χ2v) is 22.3. The average Bonchev–Trinajstić information content (AvgIpc) is 4.37. The molecule has 11 heteroatoms. The van der Waals surface area contributed by atoms with Crippen LogP contribution >= 0.6 is 38.6 Å². The molecule has 0 spiro atoms. The molecule has 0 fully saturated rings. The summed E-state index contributed by atoms with van der Waals surface area (Å²) < 4.78 is 8.69. The number of nitrogens with zero attached hydrogens (tertiary/aromatic N) is 7. The lowest BCUT2D eigenvalue weighted by atomic mass is 10.1. The van der Waals surface area contributed by atoms with Crippen LogP contribution in [0.3, 0.4) is 0 Å². The van der Waals surface area contributed by atoms with E-state index in [-0.39, 0.29) is 0 Å². The molecule has 0 aliphatic carbocycles. The fourth-order valence-electron chi connectivity index (χ4n) is 10.2. The highest BCUT2D eigenvalue weighted by Gasteiger charge is 2.16. The molecule has 6 aromatic heterocycles. The fraction of sp³-hybridized carbons (Fsp3) is 0. The lowest BCUT2D eigenvalue weighted by molar-refractivity contribution is 1.07. The van der Waals surface area contributed by atoms with E-state index >= 15 is 0 Å². The van der Waals surface area contributed by atoms with E-state index in [2.05, 4.69) is 146 Å². The van der Waals surface area contributed by atoms with E-state index in [1.54, 1.807) is 0 Å². The summed E-state index contributed by atoms with van der Waals surface area (Å²) >= 11 is 7.21. The summed E-state index contributed by atoms with van der Waals surface area (Å²) in [4.78, 5) is 31.9. The van der Waals surface area contributed by atoms with Crippen molar-refractivity contribution in [3.05, 3.63) is 272 Å². The first-order chi connectivity index (χ1) is 40.0. The van der Waals surface area contributed by atoms with Crippen molar-refractivity contribution in [3.8, 4) is 74.0 Å². The average molecular weight is 1140 g/mol. The van der Waals surface area contributed by atoms with Gasteiger partial charge in [0, 0.05) is 113 Å². The molecule has 0 atom stereocenters. The van der Waals surface area contributed by atoms with Gasteiger partial charge in [0.15, 0.2) is 34.9 Å². The largest absolute Gasteiger partial charge is 0.361 e. The minimum absolute atomic E-state index is 0.656. The van der Waals surface area contributed by atoms with E-state index < -0.39 is 0 Å². The summed E-state index contributed by atoms with van der Waals surface area (Å²) in [6.07, 6.45) is 4.17. The summed E-state index contributed by atoms with van der Waals surface area (Å²) in [5.41, 5.74) is 9.30. The number of H-pyrrole nitrogens is 1. The number of aromatic amines is 1. The van der Waals surface area contributed by atoms with Gasteiger partial charge in [0.05, 0.1) is 5.52 Å². The first-order valence-corrected chi connectivity index (χ1v) is 28.9. The Morgan fingerprint density at radius 3 is 1.15 bits per heavy atom. The second kappa shape index (κ2) is 21.8. The van der Waals surface area contributed by atoms with Crippen molar-refractivity contribution in [2.24, 2.45) is 0 Å². The van der Waals surface area contributed by atoms with Crippen LogP contribution in [0.4, 0.5) is 0 Å². The van der Waals surface area contributed by atoms with E-state index in [4.69, 9.17) is 24.9 Å². The number of fused-ring (bicyclic) bond motifs is 10. The normalized spacial score (nSPS) is 11.3. The van der Waals surface area contributed by atoms with Gasteiger partial charge in [-0.1, -0.05) is 198 Å². The van der Waals surface area contributed by atoms with Crippen molar-refractivity contribution in [1.82, 2.24) is 39.5 Å². The Morgan fingerprint density at radius 1 is 0.309 bits per heavy atom. The van der Waals surface area contributed by atoms with Gasteiger partial charge < -0.3 is 9.55 Å². The minimum atomic E-state index is 0.656. The number of hydrogen-bond donors (Lipinski definition) is 1. The molecule has 0 aliphatic rings. The van der Waals surface area contributed by atoms with Crippen molar-refractivity contribution < 1.29 is 0 Å².